The maximum atomic E-state index is 12.9. The van der Waals surface area contributed by atoms with E-state index in [1.54, 1.807) is 0 Å². The van der Waals surface area contributed by atoms with Crippen molar-refractivity contribution in [2.75, 3.05) is 24.6 Å². The molecular weight excluding hydrogens is 257 g/mol. The highest BCUT2D eigenvalue weighted by molar-refractivity contribution is 5.93. The summed E-state index contributed by atoms with van der Waals surface area (Å²) in [6.07, 6.45) is 2.53. The van der Waals surface area contributed by atoms with Crippen LogP contribution in [0.4, 0.5) is 15.8 Å². The molecule has 0 aliphatic heterocycles. The van der Waals surface area contributed by atoms with Crippen molar-refractivity contribution in [3.05, 3.63) is 24.0 Å². The highest BCUT2D eigenvalue weighted by atomic mass is 19.1. The number of nitrogen functional groups attached to an aromatic ring is 1. The highest BCUT2D eigenvalue weighted by Gasteiger charge is 2.12. The molecule has 3 N–H and O–H groups in total. The van der Waals surface area contributed by atoms with Crippen molar-refractivity contribution in [2.24, 2.45) is 0 Å². The molecule has 0 saturated heterocycles. The van der Waals surface area contributed by atoms with E-state index < -0.39 is 5.82 Å². The Morgan fingerprint density at radius 1 is 1.40 bits per heavy atom. The third-order valence-corrected chi connectivity index (χ3v) is 3.55. The molecule has 0 aromatic heterocycles. The van der Waals surface area contributed by atoms with Gasteiger partial charge in [0.2, 0.25) is 5.91 Å². The first-order chi connectivity index (χ1) is 9.47. The van der Waals surface area contributed by atoms with Crippen LogP contribution in [0.15, 0.2) is 18.2 Å². The average molecular weight is 281 g/mol. The van der Waals surface area contributed by atoms with E-state index in [-0.39, 0.29) is 11.6 Å². The van der Waals surface area contributed by atoms with Gasteiger partial charge < -0.3 is 16.0 Å². The molecule has 0 fully saturated rings. The van der Waals surface area contributed by atoms with Gasteiger partial charge in [-0.05, 0) is 38.1 Å². The number of nitrogens with two attached hydrogens (primary N) is 1. The van der Waals surface area contributed by atoms with Crippen LogP contribution in [0.3, 0.4) is 0 Å². The van der Waals surface area contributed by atoms with E-state index >= 15 is 0 Å². The second-order valence-electron chi connectivity index (χ2n) is 4.98. The molecule has 0 heterocycles. The van der Waals surface area contributed by atoms with E-state index in [1.165, 1.54) is 18.2 Å². The van der Waals surface area contributed by atoms with Crippen LogP contribution in [0, 0.1) is 5.82 Å². The fraction of sp³-hybridized carbons (Fsp3) is 0.533. The minimum absolute atomic E-state index is 0.110. The zero-order valence-electron chi connectivity index (χ0n) is 12.4. The van der Waals surface area contributed by atoms with Gasteiger partial charge in [-0.3, -0.25) is 4.79 Å². The summed E-state index contributed by atoms with van der Waals surface area (Å²) in [6.45, 7) is 4.98. The monoisotopic (exact) mass is 281 g/mol. The lowest BCUT2D eigenvalue weighted by Crippen LogP contribution is -2.33. The van der Waals surface area contributed by atoms with E-state index in [1.807, 2.05) is 7.05 Å². The molecule has 1 aromatic rings. The quantitative estimate of drug-likeness (QED) is 0.756. The lowest BCUT2D eigenvalue weighted by atomic mass is 10.1. The van der Waals surface area contributed by atoms with Gasteiger partial charge in [0.1, 0.15) is 5.82 Å². The normalized spacial score (nSPS) is 11.1. The molecule has 1 rings (SSSR count). The topological polar surface area (TPSA) is 58.4 Å². The van der Waals surface area contributed by atoms with Crippen molar-refractivity contribution >= 4 is 17.3 Å². The van der Waals surface area contributed by atoms with Crippen LogP contribution in [0.25, 0.3) is 0 Å². The molecule has 0 aliphatic carbocycles. The molecule has 0 radical (unpaired) electrons. The van der Waals surface area contributed by atoms with Crippen molar-refractivity contribution < 1.29 is 9.18 Å². The van der Waals surface area contributed by atoms with E-state index in [0.29, 0.717) is 24.7 Å². The Kier molecular flexibility index (Phi) is 6.45. The molecule has 0 saturated carbocycles. The number of nitrogens with one attached hydrogen (secondary N) is 1. The van der Waals surface area contributed by atoms with Gasteiger partial charge in [-0.25, -0.2) is 4.39 Å². The van der Waals surface area contributed by atoms with Crippen molar-refractivity contribution in [3.63, 3.8) is 0 Å². The van der Waals surface area contributed by atoms with E-state index in [0.717, 1.165) is 12.8 Å². The number of nitrogens with zero attached hydrogens (tertiary/aromatic N) is 1. The second kappa shape index (κ2) is 7.85. The first kappa shape index (κ1) is 16.4. The standard InChI is InChI=1S/C15H24FN3O/c1-4-12(5-2)19(3)9-8-15(20)18-14-7-6-11(16)10-13(14)17/h6-7,10,12H,4-5,8-9,17H2,1-3H3,(H,18,20). The van der Waals surface area contributed by atoms with Gasteiger partial charge in [0.05, 0.1) is 11.4 Å². The van der Waals surface area contributed by atoms with Crippen molar-refractivity contribution in [3.8, 4) is 0 Å². The van der Waals surface area contributed by atoms with Gasteiger partial charge in [0, 0.05) is 19.0 Å². The number of carbonyl (C=O) groups is 1. The molecule has 112 valence electrons. The van der Waals surface area contributed by atoms with Crippen LogP contribution in [-0.4, -0.2) is 30.4 Å². The Hall–Kier alpha value is -1.62. The largest absolute Gasteiger partial charge is 0.397 e. The smallest absolute Gasteiger partial charge is 0.225 e. The van der Waals surface area contributed by atoms with Gasteiger partial charge >= 0.3 is 0 Å². The summed E-state index contributed by atoms with van der Waals surface area (Å²) in [7, 11) is 2.03. The number of hydrogen-bond acceptors (Lipinski definition) is 3. The number of hydrogen-bond donors (Lipinski definition) is 2. The third-order valence-electron chi connectivity index (χ3n) is 3.55. The fourth-order valence-corrected chi connectivity index (χ4v) is 2.23. The van der Waals surface area contributed by atoms with Gasteiger partial charge in [0.25, 0.3) is 0 Å². The summed E-state index contributed by atoms with van der Waals surface area (Å²) >= 11 is 0. The van der Waals surface area contributed by atoms with Crippen molar-refractivity contribution in [2.45, 2.75) is 39.2 Å². The van der Waals surface area contributed by atoms with Crippen molar-refractivity contribution in [1.29, 1.82) is 0 Å². The van der Waals surface area contributed by atoms with Gasteiger partial charge in [-0.1, -0.05) is 13.8 Å². The molecule has 1 amide bonds. The number of carbonyl (C=O) groups excluding carboxylic acids is 1. The number of halogens is 1. The summed E-state index contributed by atoms with van der Waals surface area (Å²) in [5.74, 6) is -0.518. The molecule has 0 spiro atoms. The maximum Gasteiger partial charge on any atom is 0.225 e. The van der Waals surface area contributed by atoms with E-state index in [2.05, 4.69) is 24.1 Å². The number of rotatable bonds is 7. The summed E-state index contributed by atoms with van der Waals surface area (Å²) in [6, 6.07) is 4.46. The molecule has 0 unspecified atom stereocenters. The molecule has 4 nitrogen and oxygen atoms in total. The Balaban J connectivity index is 2.48. The minimum atomic E-state index is -0.408. The number of benzene rings is 1. The Labute approximate surface area is 120 Å². The predicted octanol–water partition coefficient (Wildman–Crippen LogP) is 2.86. The van der Waals surface area contributed by atoms with Crippen LogP contribution in [-0.2, 0) is 4.79 Å². The van der Waals surface area contributed by atoms with Crippen LogP contribution < -0.4 is 11.1 Å². The van der Waals surface area contributed by atoms with Crippen molar-refractivity contribution in [1.82, 2.24) is 4.90 Å². The third kappa shape index (κ3) is 4.81. The van der Waals surface area contributed by atoms with Crippen LogP contribution in [0.2, 0.25) is 0 Å². The first-order valence-electron chi connectivity index (χ1n) is 7.03. The lowest BCUT2D eigenvalue weighted by Gasteiger charge is -2.25. The zero-order chi connectivity index (χ0) is 15.1. The van der Waals surface area contributed by atoms with E-state index in [4.69, 9.17) is 5.73 Å². The highest BCUT2D eigenvalue weighted by Crippen LogP contribution is 2.19. The Morgan fingerprint density at radius 2 is 2.05 bits per heavy atom. The molecule has 5 heteroatoms. The molecule has 0 atom stereocenters. The van der Waals surface area contributed by atoms with E-state index in [9.17, 15) is 9.18 Å². The Bertz CT molecular complexity index is 447. The predicted molar refractivity (Wildman–Crippen MR) is 81.1 cm³/mol. The lowest BCUT2D eigenvalue weighted by molar-refractivity contribution is -0.116. The first-order valence-corrected chi connectivity index (χ1v) is 7.03. The summed E-state index contributed by atoms with van der Waals surface area (Å²) in [5, 5.41) is 2.71. The van der Waals surface area contributed by atoms with Crippen LogP contribution in [0.5, 0.6) is 0 Å². The fourth-order valence-electron chi connectivity index (χ4n) is 2.23. The Morgan fingerprint density at radius 3 is 2.60 bits per heavy atom. The molecule has 0 aliphatic rings. The SMILES string of the molecule is CCC(CC)N(C)CCC(=O)Nc1ccc(F)cc1N. The summed E-state index contributed by atoms with van der Waals surface area (Å²) in [5.41, 5.74) is 6.35. The molecule has 20 heavy (non-hydrogen) atoms. The molecule has 1 aromatic carbocycles. The number of anilines is 2. The minimum Gasteiger partial charge on any atom is -0.397 e. The zero-order valence-corrected chi connectivity index (χ0v) is 12.4. The van der Waals surface area contributed by atoms with Crippen LogP contribution in [0.1, 0.15) is 33.1 Å². The molecular formula is C15H24FN3O. The van der Waals surface area contributed by atoms with Gasteiger partial charge in [0.15, 0.2) is 0 Å². The summed E-state index contributed by atoms with van der Waals surface area (Å²) in [4.78, 5) is 14.1. The van der Waals surface area contributed by atoms with Gasteiger partial charge in [-0.2, -0.15) is 0 Å². The van der Waals surface area contributed by atoms with Gasteiger partial charge in [-0.15, -0.1) is 0 Å². The molecule has 0 bridgehead atoms. The number of amides is 1. The second-order valence-corrected chi connectivity index (χ2v) is 4.98. The average Bonchev–Trinajstić information content (AvgIpc) is 2.41. The maximum absolute atomic E-state index is 12.9. The summed E-state index contributed by atoms with van der Waals surface area (Å²) < 4.78 is 12.9. The van der Waals surface area contributed by atoms with Crippen LogP contribution >= 0.6 is 0 Å².